The molecule has 11 heteroatoms. The number of nitrogens with one attached hydrogen (secondary N) is 3. The van der Waals surface area contributed by atoms with Crippen LogP contribution in [0.3, 0.4) is 0 Å². The first-order valence-corrected chi connectivity index (χ1v) is 11.9. The van der Waals surface area contributed by atoms with E-state index in [0.717, 1.165) is 43.1 Å². The van der Waals surface area contributed by atoms with E-state index in [4.69, 9.17) is 9.47 Å². The number of hydrogen-bond donors (Lipinski definition) is 3. The van der Waals surface area contributed by atoms with Gasteiger partial charge in [-0.05, 0) is 38.2 Å². The third-order valence-corrected chi connectivity index (χ3v) is 6.43. The number of piperazine rings is 1. The van der Waals surface area contributed by atoms with Gasteiger partial charge in [0, 0.05) is 49.7 Å². The fourth-order valence-corrected chi connectivity index (χ4v) is 4.31. The average Bonchev–Trinajstić information content (AvgIpc) is 2.91. The standard InChI is InChI=1S/C25H30N8O3/c1-16-19(14-27-25-21(16)26-8-13-36-25)31-22-20(24(35-3)29-15-28-22)23(34)30-17-4-6-18(7-5-17)33-11-9-32(2)10-12-33/h4-7,14-15,26H,8-13H2,1-3H3,(H,30,34)(H,28,29,31). The summed E-state index contributed by atoms with van der Waals surface area (Å²) in [6.45, 7) is 7.24. The molecule has 2 aliphatic heterocycles. The van der Waals surface area contributed by atoms with Gasteiger partial charge in [-0.25, -0.2) is 15.0 Å². The summed E-state index contributed by atoms with van der Waals surface area (Å²) in [6.07, 6.45) is 3.01. The molecule has 4 heterocycles. The number of likely N-dealkylation sites (N-methyl/N-ethyl adjacent to an activating group) is 1. The minimum Gasteiger partial charge on any atom is -0.480 e. The second-order valence-electron chi connectivity index (χ2n) is 8.78. The average molecular weight is 491 g/mol. The molecule has 0 saturated carbocycles. The normalized spacial score (nSPS) is 15.4. The van der Waals surface area contributed by atoms with Gasteiger partial charge in [-0.2, -0.15) is 0 Å². The molecule has 1 amide bonds. The van der Waals surface area contributed by atoms with E-state index in [0.29, 0.717) is 36.2 Å². The molecule has 36 heavy (non-hydrogen) atoms. The van der Waals surface area contributed by atoms with Crippen LogP contribution >= 0.6 is 0 Å². The monoisotopic (exact) mass is 490 g/mol. The summed E-state index contributed by atoms with van der Waals surface area (Å²) in [5, 5.41) is 9.48. The predicted octanol–water partition coefficient (Wildman–Crippen LogP) is 2.74. The molecule has 2 aromatic heterocycles. The number of carbonyl (C=O) groups excluding carboxylic acids is 1. The lowest BCUT2D eigenvalue weighted by Crippen LogP contribution is -2.44. The van der Waals surface area contributed by atoms with Crippen molar-refractivity contribution in [1.29, 1.82) is 0 Å². The minimum atomic E-state index is -0.382. The number of aromatic nitrogens is 3. The molecule has 5 rings (SSSR count). The Hall–Kier alpha value is -4.12. The lowest BCUT2D eigenvalue weighted by molar-refractivity contribution is 0.102. The van der Waals surface area contributed by atoms with Gasteiger partial charge in [0.15, 0.2) is 5.82 Å². The molecule has 0 unspecified atom stereocenters. The summed E-state index contributed by atoms with van der Waals surface area (Å²) in [5.41, 5.74) is 4.42. The Morgan fingerprint density at radius 3 is 2.64 bits per heavy atom. The highest BCUT2D eigenvalue weighted by molar-refractivity contribution is 6.09. The van der Waals surface area contributed by atoms with Crippen LogP contribution in [0.1, 0.15) is 15.9 Å². The highest BCUT2D eigenvalue weighted by Gasteiger charge is 2.23. The van der Waals surface area contributed by atoms with Crippen LogP contribution in [0, 0.1) is 6.92 Å². The maximum absolute atomic E-state index is 13.4. The zero-order chi connectivity index (χ0) is 25.1. The van der Waals surface area contributed by atoms with Crippen LogP contribution in [0.15, 0.2) is 36.8 Å². The molecule has 2 aliphatic rings. The van der Waals surface area contributed by atoms with Gasteiger partial charge in [0.2, 0.25) is 11.8 Å². The highest BCUT2D eigenvalue weighted by atomic mass is 16.5. The number of rotatable bonds is 6. The third-order valence-electron chi connectivity index (χ3n) is 6.43. The summed E-state index contributed by atoms with van der Waals surface area (Å²) in [6, 6.07) is 7.85. The summed E-state index contributed by atoms with van der Waals surface area (Å²) >= 11 is 0. The van der Waals surface area contributed by atoms with Crippen molar-refractivity contribution in [3.8, 4) is 11.8 Å². The molecular formula is C25H30N8O3. The van der Waals surface area contributed by atoms with E-state index in [9.17, 15) is 4.79 Å². The summed E-state index contributed by atoms with van der Waals surface area (Å²) in [4.78, 5) is 30.9. The maximum Gasteiger partial charge on any atom is 0.264 e. The van der Waals surface area contributed by atoms with Gasteiger partial charge in [-0.1, -0.05) is 0 Å². The van der Waals surface area contributed by atoms with Crippen LogP contribution in [0.5, 0.6) is 11.8 Å². The Labute approximate surface area is 209 Å². The van der Waals surface area contributed by atoms with E-state index in [1.165, 1.54) is 13.4 Å². The molecule has 3 N–H and O–H groups in total. The van der Waals surface area contributed by atoms with E-state index in [1.54, 1.807) is 6.20 Å². The minimum absolute atomic E-state index is 0.170. The Balaban J connectivity index is 1.36. The zero-order valence-electron chi connectivity index (χ0n) is 20.7. The van der Waals surface area contributed by atoms with Crippen LogP contribution in [-0.4, -0.2) is 79.2 Å². The lowest BCUT2D eigenvalue weighted by atomic mass is 10.1. The Morgan fingerprint density at radius 2 is 1.89 bits per heavy atom. The van der Waals surface area contributed by atoms with Gasteiger partial charge >= 0.3 is 0 Å². The number of nitrogens with zero attached hydrogens (tertiary/aromatic N) is 5. The Kier molecular flexibility index (Phi) is 6.72. The third kappa shape index (κ3) is 4.82. The summed E-state index contributed by atoms with van der Waals surface area (Å²) in [7, 11) is 3.61. The second-order valence-corrected chi connectivity index (χ2v) is 8.78. The number of anilines is 5. The first-order valence-electron chi connectivity index (χ1n) is 11.9. The molecule has 1 saturated heterocycles. The van der Waals surface area contributed by atoms with E-state index in [-0.39, 0.29) is 17.4 Å². The number of benzene rings is 1. The highest BCUT2D eigenvalue weighted by Crippen LogP contribution is 2.35. The lowest BCUT2D eigenvalue weighted by Gasteiger charge is -2.34. The van der Waals surface area contributed by atoms with Gasteiger partial charge in [0.1, 0.15) is 24.2 Å². The molecular weight excluding hydrogens is 460 g/mol. The van der Waals surface area contributed by atoms with Crippen molar-refractivity contribution >= 4 is 34.5 Å². The smallest absolute Gasteiger partial charge is 0.264 e. The predicted molar refractivity (Wildman–Crippen MR) is 139 cm³/mol. The van der Waals surface area contributed by atoms with Gasteiger partial charge < -0.3 is 35.2 Å². The molecule has 0 bridgehead atoms. The largest absolute Gasteiger partial charge is 0.480 e. The fraction of sp³-hybridized carbons (Fsp3) is 0.360. The number of hydrogen-bond acceptors (Lipinski definition) is 10. The van der Waals surface area contributed by atoms with Gasteiger partial charge in [-0.15, -0.1) is 0 Å². The summed E-state index contributed by atoms with van der Waals surface area (Å²) < 4.78 is 11.0. The Bertz CT molecular complexity index is 1240. The molecule has 11 nitrogen and oxygen atoms in total. The first-order chi connectivity index (χ1) is 17.5. The van der Waals surface area contributed by atoms with Gasteiger partial charge in [0.25, 0.3) is 5.91 Å². The molecule has 0 aliphatic carbocycles. The second kappa shape index (κ2) is 10.2. The number of methoxy groups -OCH3 is 1. The molecule has 1 fully saturated rings. The van der Waals surface area contributed by atoms with Crippen LogP contribution in [0.25, 0.3) is 0 Å². The number of fused-ring (bicyclic) bond motifs is 1. The fourth-order valence-electron chi connectivity index (χ4n) is 4.31. The van der Waals surface area contributed by atoms with Crippen LogP contribution in [0.4, 0.5) is 28.6 Å². The molecule has 188 valence electrons. The van der Waals surface area contributed by atoms with E-state index in [1.807, 2.05) is 31.2 Å². The van der Waals surface area contributed by atoms with Crippen LogP contribution in [0.2, 0.25) is 0 Å². The zero-order valence-corrected chi connectivity index (χ0v) is 20.7. The first kappa shape index (κ1) is 23.6. The topological polar surface area (TPSA) is 117 Å². The summed E-state index contributed by atoms with van der Waals surface area (Å²) in [5.74, 6) is 0.661. The van der Waals surface area contributed by atoms with Gasteiger partial charge in [-0.3, -0.25) is 4.79 Å². The van der Waals surface area contributed by atoms with Crippen molar-refractivity contribution in [3.05, 3.63) is 47.9 Å². The van der Waals surface area contributed by atoms with Crippen molar-refractivity contribution in [2.24, 2.45) is 0 Å². The van der Waals surface area contributed by atoms with E-state index >= 15 is 0 Å². The van der Waals surface area contributed by atoms with Crippen LogP contribution in [-0.2, 0) is 0 Å². The quantitative estimate of drug-likeness (QED) is 0.476. The van der Waals surface area contributed by atoms with Crippen molar-refractivity contribution < 1.29 is 14.3 Å². The van der Waals surface area contributed by atoms with Gasteiger partial charge in [0.05, 0.1) is 19.0 Å². The molecule has 0 radical (unpaired) electrons. The number of carbonyl (C=O) groups is 1. The van der Waals surface area contributed by atoms with Crippen molar-refractivity contribution in [2.45, 2.75) is 6.92 Å². The van der Waals surface area contributed by atoms with Crippen molar-refractivity contribution in [1.82, 2.24) is 19.9 Å². The molecule has 0 atom stereocenters. The molecule has 1 aromatic carbocycles. The van der Waals surface area contributed by atoms with E-state index < -0.39 is 0 Å². The van der Waals surface area contributed by atoms with E-state index in [2.05, 4.69) is 47.7 Å². The maximum atomic E-state index is 13.4. The van der Waals surface area contributed by atoms with Crippen LogP contribution < -0.4 is 30.3 Å². The number of amides is 1. The molecule has 0 spiro atoms. The van der Waals surface area contributed by atoms with Crippen molar-refractivity contribution in [2.75, 3.05) is 74.3 Å². The molecule has 3 aromatic rings. The SMILES string of the molecule is COc1ncnc(Nc2cnc3c(c2C)NCCO3)c1C(=O)Nc1ccc(N2CCN(C)CC2)cc1. The number of pyridine rings is 1. The van der Waals surface area contributed by atoms with Crippen molar-refractivity contribution in [3.63, 3.8) is 0 Å². The number of ether oxygens (including phenoxy) is 2. The Morgan fingerprint density at radius 1 is 1.11 bits per heavy atom.